The highest BCUT2D eigenvalue weighted by Gasteiger charge is 2.37. The summed E-state index contributed by atoms with van der Waals surface area (Å²) < 4.78 is 31.9. The van der Waals surface area contributed by atoms with Gasteiger partial charge < -0.3 is 4.74 Å². The fraction of sp³-hybridized carbons (Fsp3) is 0.400. The lowest BCUT2D eigenvalue weighted by Crippen LogP contribution is -2.35. The first-order chi connectivity index (χ1) is 13.0. The number of esters is 1. The largest absolute Gasteiger partial charge is 0.462 e. The van der Waals surface area contributed by atoms with Gasteiger partial charge in [0.15, 0.2) is 5.03 Å². The van der Waals surface area contributed by atoms with Crippen LogP contribution in [0.2, 0.25) is 0 Å². The molecule has 28 heavy (non-hydrogen) atoms. The smallest absolute Gasteiger partial charge is 0.348 e. The Morgan fingerprint density at radius 2 is 1.82 bits per heavy atom. The molecule has 2 aromatic rings. The van der Waals surface area contributed by atoms with Crippen LogP contribution in [0.5, 0.6) is 0 Å². The molecule has 2 rings (SSSR count). The average molecular weight is 428 g/mol. The molecule has 0 aliphatic heterocycles. The normalized spacial score (nSPS) is 11.2. The number of rotatable bonds is 5. The van der Waals surface area contributed by atoms with Gasteiger partial charge in [0.2, 0.25) is 5.95 Å². The standard InChI is InChI=1S/C15H20N6O5S2/c1-6-26-13(22)11-10(4)19-20(5)12(11)28(24,25)21(27)15(23)18-14-16-8(2)7-9(3)17-14/h7,27H,6H2,1-5H3,(H,16,17,18,23). The number of carbonyl (C=O) groups excluding carboxylic acids is 2. The Morgan fingerprint density at radius 1 is 1.25 bits per heavy atom. The molecule has 1 N–H and O–H groups in total. The summed E-state index contributed by atoms with van der Waals surface area (Å²) in [6, 6.07) is 0.566. The molecular weight excluding hydrogens is 408 g/mol. The summed E-state index contributed by atoms with van der Waals surface area (Å²) >= 11 is 3.81. The molecule has 2 aromatic heterocycles. The summed E-state index contributed by atoms with van der Waals surface area (Å²) in [5.41, 5.74) is 1.05. The van der Waals surface area contributed by atoms with Crippen molar-refractivity contribution in [1.82, 2.24) is 23.5 Å². The molecule has 0 aliphatic carbocycles. The molecule has 0 aromatic carbocycles. The highest BCUT2D eigenvalue weighted by atomic mass is 32.3. The van der Waals surface area contributed by atoms with Crippen LogP contribution in [-0.4, -0.2) is 50.5 Å². The molecule has 0 unspecified atom stereocenters. The molecule has 152 valence electrons. The minimum atomic E-state index is -4.55. The Kier molecular flexibility index (Phi) is 6.29. The number of carbonyl (C=O) groups is 2. The van der Waals surface area contributed by atoms with Crippen LogP contribution in [0, 0.1) is 20.8 Å². The van der Waals surface area contributed by atoms with Gasteiger partial charge in [-0.1, -0.05) is 0 Å². The Morgan fingerprint density at radius 3 is 2.36 bits per heavy atom. The van der Waals surface area contributed by atoms with Gasteiger partial charge in [-0.25, -0.2) is 19.6 Å². The molecule has 0 atom stereocenters. The number of hydrogen-bond acceptors (Lipinski definition) is 9. The van der Waals surface area contributed by atoms with Crippen LogP contribution in [0.1, 0.15) is 34.4 Å². The van der Waals surface area contributed by atoms with Crippen molar-refractivity contribution in [3.05, 3.63) is 28.7 Å². The van der Waals surface area contributed by atoms with Crippen molar-refractivity contribution in [2.75, 3.05) is 11.9 Å². The first kappa shape index (κ1) is 21.6. The molecule has 0 saturated heterocycles. The maximum absolute atomic E-state index is 12.9. The summed E-state index contributed by atoms with van der Waals surface area (Å²) in [4.78, 5) is 32.6. The second-order valence-electron chi connectivity index (χ2n) is 5.76. The number of aromatic nitrogens is 4. The molecule has 0 saturated carbocycles. The molecule has 0 spiro atoms. The highest BCUT2D eigenvalue weighted by Crippen LogP contribution is 2.25. The van der Waals surface area contributed by atoms with E-state index in [1.54, 1.807) is 26.8 Å². The first-order valence-electron chi connectivity index (χ1n) is 8.07. The number of nitrogens with zero attached hydrogens (tertiary/aromatic N) is 5. The fourth-order valence-electron chi connectivity index (χ4n) is 2.49. The Balaban J connectivity index is 2.41. The van der Waals surface area contributed by atoms with Crippen LogP contribution in [0.3, 0.4) is 0 Å². The molecule has 0 radical (unpaired) electrons. The van der Waals surface area contributed by atoms with E-state index in [-0.39, 0.29) is 27.5 Å². The monoisotopic (exact) mass is 428 g/mol. The van der Waals surface area contributed by atoms with Crippen molar-refractivity contribution in [2.24, 2.45) is 7.05 Å². The van der Waals surface area contributed by atoms with E-state index in [0.29, 0.717) is 11.4 Å². The molecule has 13 heteroatoms. The predicted molar refractivity (Wildman–Crippen MR) is 102 cm³/mol. The van der Waals surface area contributed by atoms with Gasteiger partial charge in [0.05, 0.1) is 12.3 Å². The Labute approximate surface area is 167 Å². The Bertz CT molecular complexity index is 1010. The van der Waals surface area contributed by atoms with Gasteiger partial charge in [0.25, 0.3) is 10.0 Å². The number of aryl methyl sites for hydroxylation is 4. The number of anilines is 1. The van der Waals surface area contributed by atoms with E-state index < -0.39 is 27.0 Å². The van der Waals surface area contributed by atoms with Crippen molar-refractivity contribution in [2.45, 2.75) is 32.7 Å². The SMILES string of the molecule is CCOC(=O)c1c(C)nn(C)c1S(=O)(=O)N(S)C(=O)Nc1nc(C)cc(C)n1. The lowest BCUT2D eigenvalue weighted by molar-refractivity contribution is 0.0520. The zero-order valence-electron chi connectivity index (χ0n) is 15.9. The second kappa shape index (κ2) is 8.14. The van der Waals surface area contributed by atoms with Gasteiger partial charge in [-0.15, -0.1) is 0 Å². The number of hydrogen-bond donors (Lipinski definition) is 2. The van der Waals surface area contributed by atoms with Gasteiger partial charge in [0.1, 0.15) is 5.56 Å². The quantitative estimate of drug-likeness (QED) is 0.538. The maximum Gasteiger partial charge on any atom is 0.348 e. The molecule has 2 amide bonds. The average Bonchev–Trinajstić information content (AvgIpc) is 2.88. The number of sulfonamides is 1. The summed E-state index contributed by atoms with van der Waals surface area (Å²) in [7, 11) is -3.22. The molecular formula is C15H20N6O5S2. The number of nitrogens with one attached hydrogen (secondary N) is 1. The predicted octanol–water partition coefficient (Wildman–Crippen LogP) is 1.38. The maximum atomic E-state index is 12.9. The minimum Gasteiger partial charge on any atom is -0.462 e. The van der Waals surface area contributed by atoms with Gasteiger partial charge in [-0.2, -0.15) is 17.2 Å². The number of ether oxygens (including phenoxy) is 1. The molecule has 2 heterocycles. The van der Waals surface area contributed by atoms with Crippen molar-refractivity contribution in [3.63, 3.8) is 0 Å². The van der Waals surface area contributed by atoms with Gasteiger partial charge in [-0.05, 0) is 46.6 Å². The van der Waals surface area contributed by atoms with Crippen LogP contribution < -0.4 is 5.32 Å². The fourth-order valence-corrected chi connectivity index (χ4v) is 4.06. The van der Waals surface area contributed by atoms with Crippen molar-refractivity contribution in [3.8, 4) is 0 Å². The summed E-state index contributed by atoms with van der Waals surface area (Å²) in [6.07, 6.45) is 0. The van der Waals surface area contributed by atoms with E-state index in [4.69, 9.17) is 4.74 Å². The molecule has 0 fully saturated rings. The zero-order valence-corrected chi connectivity index (χ0v) is 17.6. The van der Waals surface area contributed by atoms with E-state index in [0.717, 1.165) is 4.68 Å². The summed E-state index contributed by atoms with van der Waals surface area (Å²) in [6.45, 7) is 6.48. The van der Waals surface area contributed by atoms with Crippen molar-refractivity contribution < 1.29 is 22.7 Å². The van der Waals surface area contributed by atoms with Crippen molar-refractivity contribution >= 4 is 40.8 Å². The zero-order chi connectivity index (χ0) is 21.2. The third-order valence-electron chi connectivity index (χ3n) is 3.50. The van der Waals surface area contributed by atoms with Crippen LogP contribution in [0.4, 0.5) is 10.7 Å². The summed E-state index contributed by atoms with van der Waals surface area (Å²) in [5.74, 6) is -0.949. The number of thiol groups is 1. The molecule has 0 bridgehead atoms. The third kappa shape index (κ3) is 4.25. The number of urea groups is 1. The molecule has 0 aliphatic rings. The van der Waals surface area contributed by atoms with Crippen molar-refractivity contribution in [1.29, 1.82) is 0 Å². The molecule has 11 nitrogen and oxygen atoms in total. The van der Waals surface area contributed by atoms with Gasteiger partial charge >= 0.3 is 12.0 Å². The van der Waals surface area contributed by atoms with Crippen LogP contribution in [0.25, 0.3) is 0 Å². The van der Waals surface area contributed by atoms with Crippen LogP contribution >= 0.6 is 12.8 Å². The second-order valence-corrected chi connectivity index (χ2v) is 8.13. The van der Waals surface area contributed by atoms with E-state index in [2.05, 4.69) is 33.2 Å². The van der Waals surface area contributed by atoms with E-state index >= 15 is 0 Å². The van der Waals surface area contributed by atoms with E-state index in [1.807, 2.05) is 0 Å². The van der Waals surface area contributed by atoms with Gasteiger partial charge in [0, 0.05) is 18.4 Å². The lowest BCUT2D eigenvalue weighted by atomic mass is 10.3. The minimum absolute atomic E-state index is 0.0434. The number of amides is 2. The van der Waals surface area contributed by atoms with E-state index in [9.17, 15) is 18.0 Å². The topological polar surface area (TPSA) is 136 Å². The van der Waals surface area contributed by atoms with Gasteiger partial charge in [-0.3, -0.25) is 10.00 Å². The van der Waals surface area contributed by atoms with Crippen LogP contribution in [-0.2, 0) is 21.8 Å². The third-order valence-corrected chi connectivity index (χ3v) is 5.90. The first-order valence-corrected chi connectivity index (χ1v) is 9.91. The highest BCUT2D eigenvalue weighted by molar-refractivity contribution is 8.00. The van der Waals surface area contributed by atoms with Crippen LogP contribution in [0.15, 0.2) is 11.1 Å². The Hall–Kier alpha value is -2.67. The lowest BCUT2D eigenvalue weighted by Gasteiger charge is -2.17. The van der Waals surface area contributed by atoms with E-state index in [1.165, 1.54) is 14.0 Å². The summed E-state index contributed by atoms with van der Waals surface area (Å²) in [5, 5.41) is 5.69.